The van der Waals surface area contributed by atoms with Crippen LogP contribution in [0.1, 0.15) is 73.5 Å². The minimum atomic E-state index is -1.05. The summed E-state index contributed by atoms with van der Waals surface area (Å²) in [4.78, 5) is 21.6. The second-order valence-electron chi connectivity index (χ2n) is 10.2. The molecule has 0 amide bonds. The van der Waals surface area contributed by atoms with Gasteiger partial charge in [-0.25, -0.2) is 18.9 Å². The molecule has 0 atom stereocenters. The van der Waals surface area contributed by atoms with E-state index in [0.717, 1.165) is 55.5 Å². The number of rotatable bonds is 5. The lowest BCUT2D eigenvalue weighted by molar-refractivity contribution is 0.0691. The van der Waals surface area contributed by atoms with E-state index >= 15 is 0 Å². The lowest BCUT2D eigenvalue weighted by atomic mass is 9.82. The van der Waals surface area contributed by atoms with Gasteiger partial charge in [0, 0.05) is 25.0 Å². The van der Waals surface area contributed by atoms with Crippen molar-refractivity contribution in [3.8, 4) is 5.69 Å². The van der Waals surface area contributed by atoms with Crippen LogP contribution in [0.25, 0.3) is 16.7 Å². The molecule has 3 fully saturated rings. The van der Waals surface area contributed by atoms with Crippen molar-refractivity contribution in [3.05, 3.63) is 47.5 Å². The number of hydrogen-bond acceptors (Lipinski definition) is 5. The normalized spacial score (nSPS) is 20.3. The van der Waals surface area contributed by atoms with Crippen molar-refractivity contribution in [1.82, 2.24) is 19.7 Å². The first-order valence-corrected chi connectivity index (χ1v) is 13.0. The molecule has 7 nitrogen and oxygen atoms in total. The van der Waals surface area contributed by atoms with Crippen LogP contribution >= 0.6 is 0 Å². The van der Waals surface area contributed by atoms with Crippen molar-refractivity contribution in [2.75, 3.05) is 31.1 Å². The van der Waals surface area contributed by atoms with Crippen LogP contribution in [-0.4, -0.2) is 63.0 Å². The van der Waals surface area contributed by atoms with Crippen LogP contribution in [0.3, 0.4) is 0 Å². The van der Waals surface area contributed by atoms with E-state index < -0.39 is 5.97 Å². The lowest BCUT2D eigenvalue weighted by Gasteiger charge is -2.41. The SMILES string of the molecule is O=C(O)c1cc(N2CCC(N3CCCCC3)CC2)c2c(C3CCC3)nn(-c3ccc(F)cc3)c2n1. The van der Waals surface area contributed by atoms with E-state index in [1.165, 1.54) is 50.9 Å². The molecule has 6 rings (SSSR count). The molecule has 0 unspecified atom stereocenters. The molecular formula is C27H32FN5O2. The number of likely N-dealkylation sites (tertiary alicyclic amines) is 1. The molecule has 2 aliphatic heterocycles. The number of anilines is 1. The quantitative estimate of drug-likeness (QED) is 0.559. The molecule has 1 aliphatic carbocycles. The van der Waals surface area contributed by atoms with E-state index in [9.17, 15) is 14.3 Å². The van der Waals surface area contributed by atoms with Gasteiger partial charge < -0.3 is 14.9 Å². The van der Waals surface area contributed by atoms with E-state index in [2.05, 4.69) is 14.8 Å². The molecule has 1 N–H and O–H groups in total. The van der Waals surface area contributed by atoms with Crippen LogP contribution in [0, 0.1) is 5.82 Å². The summed E-state index contributed by atoms with van der Waals surface area (Å²) in [6.45, 7) is 4.18. The summed E-state index contributed by atoms with van der Waals surface area (Å²) >= 11 is 0. The van der Waals surface area contributed by atoms with Crippen LogP contribution in [0.5, 0.6) is 0 Å². The number of fused-ring (bicyclic) bond motifs is 1. The van der Waals surface area contributed by atoms with E-state index in [0.29, 0.717) is 23.3 Å². The minimum absolute atomic E-state index is 0.0223. The van der Waals surface area contributed by atoms with Gasteiger partial charge in [-0.2, -0.15) is 5.10 Å². The zero-order valence-electron chi connectivity index (χ0n) is 20.0. The summed E-state index contributed by atoms with van der Waals surface area (Å²) in [6.07, 6.45) is 9.41. The van der Waals surface area contributed by atoms with Gasteiger partial charge in [0.1, 0.15) is 5.82 Å². The monoisotopic (exact) mass is 477 g/mol. The van der Waals surface area contributed by atoms with Gasteiger partial charge in [-0.3, -0.25) is 0 Å². The number of carbonyl (C=O) groups is 1. The Labute approximate surface area is 204 Å². The molecule has 3 aromatic rings. The molecule has 3 aliphatic rings. The van der Waals surface area contributed by atoms with Gasteiger partial charge in [-0.15, -0.1) is 0 Å². The van der Waals surface area contributed by atoms with Gasteiger partial charge in [0.25, 0.3) is 0 Å². The van der Waals surface area contributed by atoms with Crippen molar-refractivity contribution >= 4 is 22.7 Å². The van der Waals surface area contributed by atoms with Gasteiger partial charge >= 0.3 is 5.97 Å². The van der Waals surface area contributed by atoms with E-state index in [-0.39, 0.29) is 11.5 Å². The molecular weight excluding hydrogens is 445 g/mol. The smallest absolute Gasteiger partial charge is 0.354 e. The molecule has 4 heterocycles. The first-order chi connectivity index (χ1) is 17.1. The molecule has 1 saturated carbocycles. The maximum atomic E-state index is 13.6. The standard InChI is InChI=1S/C27H32FN5O2/c28-19-7-9-21(10-8-19)33-26-24(25(30-33)18-5-4-6-18)23(17-22(29-26)27(34)35)32-15-11-20(12-16-32)31-13-2-1-3-14-31/h7-10,17-18,20H,1-6,11-16H2,(H,34,35). The Bertz CT molecular complexity index is 1220. The second-order valence-corrected chi connectivity index (χ2v) is 10.2. The first kappa shape index (κ1) is 22.5. The van der Waals surface area contributed by atoms with Crippen LogP contribution in [0.15, 0.2) is 30.3 Å². The average molecular weight is 478 g/mol. The maximum Gasteiger partial charge on any atom is 0.354 e. The molecule has 184 valence electrons. The highest BCUT2D eigenvalue weighted by Crippen LogP contribution is 2.43. The van der Waals surface area contributed by atoms with Crippen molar-refractivity contribution < 1.29 is 14.3 Å². The van der Waals surface area contributed by atoms with Crippen molar-refractivity contribution in [2.45, 2.75) is 63.3 Å². The third-order valence-corrected chi connectivity index (χ3v) is 8.14. The first-order valence-electron chi connectivity index (χ1n) is 13.0. The fourth-order valence-electron chi connectivity index (χ4n) is 5.97. The van der Waals surface area contributed by atoms with Gasteiger partial charge in [-0.1, -0.05) is 12.8 Å². The van der Waals surface area contributed by atoms with Gasteiger partial charge in [0.2, 0.25) is 0 Å². The third-order valence-electron chi connectivity index (χ3n) is 8.14. The van der Waals surface area contributed by atoms with Crippen LogP contribution in [0.2, 0.25) is 0 Å². The molecule has 0 spiro atoms. The number of carboxylic acid groups (broad SMARTS) is 1. The summed E-state index contributed by atoms with van der Waals surface area (Å²) in [6, 6.07) is 8.50. The number of aromatic carboxylic acids is 1. The van der Waals surface area contributed by atoms with Gasteiger partial charge in [0.05, 0.1) is 22.5 Å². The van der Waals surface area contributed by atoms with E-state index in [4.69, 9.17) is 5.10 Å². The predicted octanol–water partition coefficient (Wildman–Crippen LogP) is 4.98. The highest BCUT2D eigenvalue weighted by Gasteiger charge is 2.32. The number of hydrogen-bond donors (Lipinski definition) is 1. The Morgan fingerprint density at radius 3 is 2.29 bits per heavy atom. The summed E-state index contributed by atoms with van der Waals surface area (Å²) in [5, 5.41) is 15.8. The molecule has 2 saturated heterocycles. The fourth-order valence-corrected chi connectivity index (χ4v) is 5.97. The van der Waals surface area contributed by atoms with Gasteiger partial charge in [-0.05, 0) is 81.9 Å². The Balaban J connectivity index is 1.42. The Morgan fingerprint density at radius 1 is 0.943 bits per heavy atom. The highest BCUT2D eigenvalue weighted by molar-refractivity contribution is 5.98. The summed E-state index contributed by atoms with van der Waals surface area (Å²) in [5.41, 5.74) is 3.18. The molecule has 8 heteroatoms. The number of benzene rings is 1. The highest BCUT2D eigenvalue weighted by atomic mass is 19.1. The molecule has 0 radical (unpaired) electrons. The Kier molecular flexibility index (Phi) is 5.92. The maximum absolute atomic E-state index is 13.6. The minimum Gasteiger partial charge on any atom is -0.477 e. The molecule has 0 bridgehead atoms. The number of piperidine rings is 2. The summed E-state index contributed by atoms with van der Waals surface area (Å²) < 4.78 is 15.3. The average Bonchev–Trinajstić information content (AvgIpc) is 3.22. The zero-order valence-corrected chi connectivity index (χ0v) is 20.0. The van der Waals surface area contributed by atoms with Crippen molar-refractivity contribution in [2.24, 2.45) is 0 Å². The fraction of sp³-hybridized carbons (Fsp3) is 0.519. The number of aromatic nitrogens is 3. The number of nitrogens with zero attached hydrogens (tertiary/aromatic N) is 5. The molecule has 2 aromatic heterocycles. The van der Waals surface area contributed by atoms with Gasteiger partial charge in [0.15, 0.2) is 11.3 Å². The summed E-state index contributed by atoms with van der Waals surface area (Å²) in [7, 11) is 0. The van der Waals surface area contributed by atoms with Crippen LogP contribution in [0.4, 0.5) is 10.1 Å². The number of halogens is 1. The zero-order chi connectivity index (χ0) is 23.9. The van der Waals surface area contributed by atoms with Crippen LogP contribution in [-0.2, 0) is 0 Å². The predicted molar refractivity (Wildman–Crippen MR) is 133 cm³/mol. The largest absolute Gasteiger partial charge is 0.477 e. The number of carboxylic acids is 1. The Hall–Kier alpha value is -3.00. The third kappa shape index (κ3) is 4.18. The van der Waals surface area contributed by atoms with E-state index in [1.54, 1.807) is 22.9 Å². The van der Waals surface area contributed by atoms with E-state index in [1.807, 2.05) is 0 Å². The lowest BCUT2D eigenvalue weighted by Crippen LogP contribution is -2.46. The molecule has 1 aromatic carbocycles. The summed E-state index contributed by atoms with van der Waals surface area (Å²) in [5.74, 6) is -1.02. The molecule has 35 heavy (non-hydrogen) atoms. The van der Waals surface area contributed by atoms with Crippen LogP contribution < -0.4 is 4.90 Å². The number of pyridine rings is 1. The topological polar surface area (TPSA) is 74.5 Å². The second kappa shape index (κ2) is 9.22. The van der Waals surface area contributed by atoms with Crippen molar-refractivity contribution in [3.63, 3.8) is 0 Å². The Morgan fingerprint density at radius 2 is 1.66 bits per heavy atom. The van der Waals surface area contributed by atoms with Crippen molar-refractivity contribution in [1.29, 1.82) is 0 Å².